The number of rotatable bonds is 6. The highest BCUT2D eigenvalue weighted by Crippen LogP contribution is 2.37. The van der Waals surface area contributed by atoms with Gasteiger partial charge in [0.2, 0.25) is 5.88 Å². The van der Waals surface area contributed by atoms with Gasteiger partial charge >= 0.3 is 0 Å². The van der Waals surface area contributed by atoms with Crippen LogP contribution in [0.2, 0.25) is 0 Å². The number of nitrogens with one attached hydrogen (secondary N) is 2. The molecule has 8 heteroatoms. The van der Waals surface area contributed by atoms with Crippen LogP contribution in [0.1, 0.15) is 32.4 Å². The highest BCUT2D eigenvalue weighted by Gasteiger charge is 2.18. The summed E-state index contributed by atoms with van der Waals surface area (Å²) in [6, 6.07) is 9.02. The Bertz CT molecular complexity index is 1250. The predicted octanol–water partition coefficient (Wildman–Crippen LogP) is 5.52. The number of ether oxygens (including phenoxy) is 3. The number of methoxy groups -OCH3 is 1. The van der Waals surface area contributed by atoms with E-state index in [2.05, 4.69) is 20.3 Å². The van der Waals surface area contributed by atoms with Crippen molar-refractivity contribution in [2.24, 2.45) is 0 Å². The molecular formula is C25H29FN4O3. The van der Waals surface area contributed by atoms with Gasteiger partial charge in [-0.25, -0.2) is 14.4 Å². The normalized spacial score (nSPS) is 15.4. The second-order valence-corrected chi connectivity index (χ2v) is 7.70. The first kappa shape index (κ1) is 22.8. The Morgan fingerprint density at radius 2 is 1.91 bits per heavy atom. The Morgan fingerprint density at radius 1 is 1.06 bits per heavy atom. The van der Waals surface area contributed by atoms with Gasteiger partial charge in [-0.05, 0) is 50.6 Å². The lowest BCUT2D eigenvalue weighted by atomic mass is 10.2. The van der Waals surface area contributed by atoms with Gasteiger partial charge in [0.25, 0.3) is 0 Å². The van der Waals surface area contributed by atoms with Gasteiger partial charge in [0.15, 0.2) is 23.1 Å². The molecule has 2 N–H and O–H groups in total. The van der Waals surface area contributed by atoms with Crippen LogP contribution in [0.4, 0.5) is 4.39 Å². The summed E-state index contributed by atoms with van der Waals surface area (Å²) >= 11 is 0. The summed E-state index contributed by atoms with van der Waals surface area (Å²) in [6.45, 7) is 7.45. The average molecular weight is 453 g/mol. The molecule has 1 fully saturated rings. The third-order valence-corrected chi connectivity index (χ3v) is 5.53. The lowest BCUT2D eigenvalue weighted by Crippen LogP contribution is -2.28. The fraction of sp³-hybridized carbons (Fsp3) is 0.360. The number of fused-ring (bicyclic) bond motifs is 2. The van der Waals surface area contributed by atoms with Crippen molar-refractivity contribution in [2.45, 2.75) is 39.7 Å². The molecule has 33 heavy (non-hydrogen) atoms. The smallest absolute Gasteiger partial charge is 0.230 e. The molecule has 174 valence electrons. The number of aromatic amines is 1. The molecule has 0 bridgehead atoms. The van der Waals surface area contributed by atoms with Crippen LogP contribution in [0.5, 0.6) is 23.1 Å². The van der Waals surface area contributed by atoms with E-state index < -0.39 is 5.82 Å². The van der Waals surface area contributed by atoms with Gasteiger partial charge in [-0.15, -0.1) is 0 Å². The van der Waals surface area contributed by atoms with Crippen LogP contribution in [0.15, 0.2) is 36.7 Å². The van der Waals surface area contributed by atoms with E-state index in [-0.39, 0.29) is 11.6 Å². The molecule has 1 aliphatic heterocycles. The summed E-state index contributed by atoms with van der Waals surface area (Å²) in [7, 11) is 1.58. The molecule has 1 aliphatic rings. The van der Waals surface area contributed by atoms with Crippen molar-refractivity contribution in [1.82, 2.24) is 20.3 Å². The maximum Gasteiger partial charge on any atom is 0.230 e. The first-order valence-corrected chi connectivity index (χ1v) is 11.3. The number of aryl methyl sites for hydroxylation is 1. The predicted molar refractivity (Wildman–Crippen MR) is 127 cm³/mol. The van der Waals surface area contributed by atoms with Crippen molar-refractivity contribution < 1.29 is 18.6 Å². The van der Waals surface area contributed by atoms with E-state index in [1.807, 2.05) is 20.8 Å². The van der Waals surface area contributed by atoms with Crippen molar-refractivity contribution >= 4 is 21.8 Å². The van der Waals surface area contributed by atoms with Crippen molar-refractivity contribution in [3.63, 3.8) is 0 Å². The SMILES string of the molecule is CC.COc1cc2c(Oc3ccc4[nH]c(C)cc4c3F)ncnc2cc1OC[C@H]1CCCN1. The van der Waals surface area contributed by atoms with E-state index in [4.69, 9.17) is 14.2 Å². The van der Waals surface area contributed by atoms with E-state index in [0.29, 0.717) is 40.4 Å². The second-order valence-electron chi connectivity index (χ2n) is 7.70. The largest absolute Gasteiger partial charge is 0.493 e. The van der Waals surface area contributed by atoms with Crippen LogP contribution in [0.3, 0.4) is 0 Å². The molecule has 0 unspecified atom stereocenters. The number of aromatic nitrogens is 3. The van der Waals surface area contributed by atoms with Gasteiger partial charge in [0.1, 0.15) is 12.9 Å². The fourth-order valence-corrected chi connectivity index (χ4v) is 3.95. The standard InChI is InChI=1S/C23H23FN4O3.C2H6/c1-13-8-15-17(28-13)5-6-19(22(15)24)31-23-16-9-20(29-2)21(10-18(16)26-12-27-23)30-11-14-4-3-7-25-14;1-2/h5-6,8-10,12,14,25,28H,3-4,7,11H2,1-2H3;1-2H3/t14-;/m1./s1. The zero-order valence-corrected chi connectivity index (χ0v) is 19.4. The van der Waals surface area contributed by atoms with Gasteiger partial charge in [0.05, 0.1) is 18.0 Å². The molecule has 1 saturated heterocycles. The Hall–Kier alpha value is -3.39. The maximum atomic E-state index is 15.0. The van der Waals surface area contributed by atoms with Gasteiger partial charge in [-0.3, -0.25) is 0 Å². The molecule has 1 atom stereocenters. The Kier molecular flexibility index (Phi) is 6.93. The zero-order valence-electron chi connectivity index (χ0n) is 19.4. The second kappa shape index (κ2) is 10.0. The molecule has 0 aliphatic carbocycles. The van der Waals surface area contributed by atoms with E-state index in [1.165, 1.54) is 6.33 Å². The van der Waals surface area contributed by atoms with Crippen LogP contribution in [-0.4, -0.2) is 41.3 Å². The number of hydrogen-bond donors (Lipinski definition) is 2. The van der Waals surface area contributed by atoms with Crippen LogP contribution in [0, 0.1) is 12.7 Å². The summed E-state index contributed by atoms with van der Waals surface area (Å²) in [5.41, 5.74) is 2.22. The maximum absolute atomic E-state index is 15.0. The Morgan fingerprint density at radius 3 is 2.67 bits per heavy atom. The topological polar surface area (TPSA) is 81.3 Å². The monoisotopic (exact) mass is 452 g/mol. The number of nitrogens with zero attached hydrogens (tertiary/aromatic N) is 2. The van der Waals surface area contributed by atoms with Gasteiger partial charge in [0, 0.05) is 28.7 Å². The third kappa shape index (κ3) is 4.71. The molecule has 0 saturated carbocycles. The van der Waals surface area contributed by atoms with Crippen LogP contribution in [0.25, 0.3) is 21.8 Å². The van der Waals surface area contributed by atoms with Crippen molar-refractivity contribution in [3.05, 3.63) is 48.2 Å². The molecular weight excluding hydrogens is 423 g/mol. The molecule has 5 rings (SSSR count). The fourth-order valence-electron chi connectivity index (χ4n) is 3.95. The van der Waals surface area contributed by atoms with E-state index in [9.17, 15) is 4.39 Å². The van der Waals surface area contributed by atoms with E-state index in [1.54, 1.807) is 37.4 Å². The summed E-state index contributed by atoms with van der Waals surface area (Å²) in [6.07, 6.45) is 3.64. The summed E-state index contributed by atoms with van der Waals surface area (Å²) < 4.78 is 32.4. The van der Waals surface area contributed by atoms with E-state index in [0.717, 1.165) is 30.6 Å². The number of halogens is 1. The Labute approximate surface area is 192 Å². The molecule has 0 radical (unpaired) electrons. The summed E-state index contributed by atoms with van der Waals surface area (Å²) in [5.74, 6) is 1.05. The van der Waals surface area contributed by atoms with Crippen LogP contribution in [-0.2, 0) is 0 Å². The zero-order chi connectivity index (χ0) is 23.4. The number of H-pyrrole nitrogens is 1. The van der Waals surface area contributed by atoms with Crippen molar-refractivity contribution in [1.29, 1.82) is 0 Å². The summed E-state index contributed by atoms with van der Waals surface area (Å²) in [4.78, 5) is 11.7. The molecule has 2 aromatic carbocycles. The minimum Gasteiger partial charge on any atom is -0.493 e. The quantitative estimate of drug-likeness (QED) is 0.401. The molecule has 0 spiro atoms. The molecule has 3 heterocycles. The third-order valence-electron chi connectivity index (χ3n) is 5.53. The lowest BCUT2D eigenvalue weighted by Gasteiger charge is -2.16. The van der Waals surface area contributed by atoms with Gasteiger partial charge in [-0.1, -0.05) is 13.8 Å². The summed E-state index contributed by atoms with van der Waals surface area (Å²) in [5, 5.41) is 4.49. The average Bonchev–Trinajstić information content (AvgIpc) is 3.50. The first-order chi connectivity index (χ1) is 16.1. The van der Waals surface area contributed by atoms with Crippen LogP contribution >= 0.6 is 0 Å². The van der Waals surface area contributed by atoms with Crippen molar-refractivity contribution in [3.8, 4) is 23.1 Å². The Balaban J connectivity index is 0.00000126. The van der Waals surface area contributed by atoms with Gasteiger partial charge in [-0.2, -0.15) is 0 Å². The molecule has 0 amide bonds. The van der Waals surface area contributed by atoms with Crippen LogP contribution < -0.4 is 19.5 Å². The lowest BCUT2D eigenvalue weighted by molar-refractivity contribution is 0.263. The highest BCUT2D eigenvalue weighted by molar-refractivity contribution is 5.87. The van der Waals surface area contributed by atoms with E-state index >= 15 is 0 Å². The van der Waals surface area contributed by atoms with Gasteiger partial charge < -0.3 is 24.5 Å². The number of hydrogen-bond acceptors (Lipinski definition) is 6. The molecule has 7 nitrogen and oxygen atoms in total. The van der Waals surface area contributed by atoms with Crippen molar-refractivity contribution in [2.75, 3.05) is 20.3 Å². The first-order valence-electron chi connectivity index (χ1n) is 11.3. The minimum atomic E-state index is -0.440. The highest BCUT2D eigenvalue weighted by atomic mass is 19.1. The minimum absolute atomic E-state index is 0.0955. The molecule has 4 aromatic rings. The molecule has 2 aromatic heterocycles. The number of benzene rings is 2.